The van der Waals surface area contributed by atoms with Crippen LogP contribution in [0, 0.1) is 5.92 Å². The van der Waals surface area contributed by atoms with Crippen molar-refractivity contribution in [3.05, 3.63) is 57.6 Å². The standard InChI is InChI=1S/C23H22BrN5O2S/c1-31-12-19(13-2-3-13)29(11-15-5-7-20(24)28-27-15)23(30)14-4-6-18-17(10-14)16-8-9-32-21(16)22(25)26-18/h4-10,13,19H,2-3,11-12H2,1H3,(H2,25,26)/t19-/m1/s1. The average Bonchev–Trinajstić information content (AvgIpc) is 3.51. The van der Waals surface area contributed by atoms with Gasteiger partial charge < -0.3 is 15.4 Å². The predicted molar refractivity (Wildman–Crippen MR) is 130 cm³/mol. The highest BCUT2D eigenvalue weighted by atomic mass is 79.9. The Kier molecular flexibility index (Phi) is 5.79. The van der Waals surface area contributed by atoms with Gasteiger partial charge in [-0.2, -0.15) is 5.10 Å². The Balaban J connectivity index is 1.55. The predicted octanol–water partition coefficient (Wildman–Crippen LogP) is 4.65. The normalized spacial score (nSPS) is 14.7. The number of fused-ring (bicyclic) bond motifs is 3. The van der Waals surface area contributed by atoms with Crippen LogP contribution in [0.2, 0.25) is 0 Å². The van der Waals surface area contributed by atoms with E-state index in [2.05, 4.69) is 31.1 Å². The van der Waals surface area contributed by atoms with E-state index in [1.54, 1.807) is 18.4 Å². The smallest absolute Gasteiger partial charge is 0.254 e. The summed E-state index contributed by atoms with van der Waals surface area (Å²) in [5.41, 5.74) is 8.25. The third-order valence-corrected chi connectivity index (χ3v) is 7.22. The van der Waals surface area contributed by atoms with Crippen LogP contribution in [0.25, 0.3) is 21.0 Å². The molecule has 0 saturated heterocycles. The molecule has 1 amide bonds. The number of halogens is 1. The molecule has 1 aliphatic carbocycles. The van der Waals surface area contributed by atoms with Crippen LogP contribution in [0.5, 0.6) is 0 Å². The molecule has 1 aromatic carbocycles. The molecular formula is C23H22BrN5O2S. The third-order valence-electron chi connectivity index (χ3n) is 5.86. The van der Waals surface area contributed by atoms with Crippen LogP contribution < -0.4 is 5.73 Å². The molecule has 0 spiro atoms. The number of nitrogens with zero attached hydrogens (tertiary/aromatic N) is 4. The Labute approximate surface area is 197 Å². The highest BCUT2D eigenvalue weighted by Gasteiger charge is 2.38. The fraction of sp³-hybridized carbons (Fsp3) is 0.304. The van der Waals surface area contributed by atoms with Crippen LogP contribution in [-0.2, 0) is 11.3 Å². The average molecular weight is 512 g/mol. The summed E-state index contributed by atoms with van der Waals surface area (Å²) < 4.78 is 7.11. The van der Waals surface area contributed by atoms with Crippen LogP contribution in [0.15, 0.2) is 46.4 Å². The second kappa shape index (κ2) is 8.73. The Morgan fingerprint density at radius 3 is 2.81 bits per heavy atom. The molecule has 0 unspecified atom stereocenters. The number of carbonyl (C=O) groups is 1. The van der Waals surface area contributed by atoms with Gasteiger partial charge in [-0.1, -0.05) is 0 Å². The number of pyridine rings is 1. The largest absolute Gasteiger partial charge is 0.383 e. The van der Waals surface area contributed by atoms with Crippen molar-refractivity contribution in [2.75, 3.05) is 19.5 Å². The zero-order valence-electron chi connectivity index (χ0n) is 17.5. The Morgan fingerprint density at radius 1 is 1.25 bits per heavy atom. The fourth-order valence-electron chi connectivity index (χ4n) is 4.12. The number of nitrogens with two attached hydrogens (primary N) is 1. The molecule has 164 valence electrons. The van der Waals surface area contributed by atoms with Gasteiger partial charge >= 0.3 is 0 Å². The summed E-state index contributed by atoms with van der Waals surface area (Å²) in [6, 6.07) is 11.4. The molecule has 3 heterocycles. The molecule has 9 heteroatoms. The molecule has 3 aromatic heterocycles. The van der Waals surface area contributed by atoms with Gasteiger partial charge in [-0.15, -0.1) is 16.4 Å². The number of benzene rings is 1. The van der Waals surface area contributed by atoms with Crippen LogP contribution in [-0.4, -0.2) is 45.7 Å². The zero-order valence-corrected chi connectivity index (χ0v) is 19.9. The van der Waals surface area contributed by atoms with Gasteiger partial charge in [0.15, 0.2) is 0 Å². The molecular weight excluding hydrogens is 490 g/mol. The van der Waals surface area contributed by atoms with E-state index in [9.17, 15) is 4.79 Å². The number of carbonyl (C=O) groups excluding carboxylic acids is 1. The Morgan fingerprint density at radius 2 is 2.09 bits per heavy atom. The van der Waals surface area contributed by atoms with E-state index in [4.69, 9.17) is 10.5 Å². The topological polar surface area (TPSA) is 94.2 Å². The van der Waals surface area contributed by atoms with Gasteiger partial charge in [0.05, 0.1) is 35.1 Å². The first-order chi connectivity index (χ1) is 15.5. The summed E-state index contributed by atoms with van der Waals surface area (Å²) in [4.78, 5) is 20.2. The lowest BCUT2D eigenvalue weighted by Crippen LogP contribution is -2.44. The molecule has 0 aliphatic heterocycles. The van der Waals surface area contributed by atoms with Crippen molar-refractivity contribution in [3.8, 4) is 0 Å². The van der Waals surface area contributed by atoms with Gasteiger partial charge in [0.1, 0.15) is 10.4 Å². The number of methoxy groups -OCH3 is 1. The summed E-state index contributed by atoms with van der Waals surface area (Å²) >= 11 is 4.88. The molecule has 32 heavy (non-hydrogen) atoms. The zero-order chi connectivity index (χ0) is 22.2. The molecule has 1 atom stereocenters. The lowest BCUT2D eigenvalue weighted by molar-refractivity contribution is 0.0454. The lowest BCUT2D eigenvalue weighted by atomic mass is 10.0. The number of ether oxygens (including phenoxy) is 1. The molecule has 1 saturated carbocycles. The minimum Gasteiger partial charge on any atom is -0.383 e. The van der Waals surface area contributed by atoms with Crippen molar-refractivity contribution in [1.29, 1.82) is 0 Å². The van der Waals surface area contributed by atoms with Crippen LogP contribution in [0.4, 0.5) is 5.82 Å². The number of aromatic nitrogens is 3. The molecule has 4 aromatic rings. The van der Waals surface area contributed by atoms with Gasteiger partial charge in [0, 0.05) is 23.4 Å². The van der Waals surface area contributed by atoms with E-state index in [0.29, 0.717) is 35.1 Å². The van der Waals surface area contributed by atoms with Crippen LogP contribution in [0.1, 0.15) is 28.9 Å². The molecule has 0 radical (unpaired) electrons. The second-order valence-electron chi connectivity index (χ2n) is 8.03. The lowest BCUT2D eigenvalue weighted by Gasteiger charge is -2.31. The quantitative estimate of drug-likeness (QED) is 0.388. The van der Waals surface area contributed by atoms with Crippen molar-refractivity contribution >= 4 is 60.0 Å². The summed E-state index contributed by atoms with van der Waals surface area (Å²) in [5.74, 6) is 0.907. The summed E-state index contributed by atoms with van der Waals surface area (Å²) in [5, 5.41) is 12.3. The van der Waals surface area contributed by atoms with E-state index in [0.717, 1.165) is 39.5 Å². The van der Waals surface area contributed by atoms with Gasteiger partial charge in [0.25, 0.3) is 5.91 Å². The maximum atomic E-state index is 13.8. The highest BCUT2D eigenvalue weighted by molar-refractivity contribution is 9.10. The number of thiophene rings is 1. The first-order valence-corrected chi connectivity index (χ1v) is 12.1. The molecule has 1 aliphatic rings. The first kappa shape index (κ1) is 21.2. The molecule has 7 nitrogen and oxygen atoms in total. The first-order valence-electron chi connectivity index (χ1n) is 10.4. The summed E-state index contributed by atoms with van der Waals surface area (Å²) in [6.45, 7) is 0.857. The van der Waals surface area contributed by atoms with Crippen molar-refractivity contribution in [1.82, 2.24) is 20.1 Å². The minimum absolute atomic E-state index is 0.0145. The molecule has 2 N–H and O–H groups in total. The molecule has 1 fully saturated rings. The van der Waals surface area contributed by atoms with Crippen molar-refractivity contribution in [2.45, 2.75) is 25.4 Å². The van der Waals surface area contributed by atoms with Gasteiger partial charge in [-0.25, -0.2) is 4.98 Å². The number of hydrogen-bond acceptors (Lipinski definition) is 7. The molecule has 5 rings (SSSR count). The molecule has 0 bridgehead atoms. The van der Waals surface area contributed by atoms with Crippen molar-refractivity contribution in [2.24, 2.45) is 5.92 Å². The van der Waals surface area contributed by atoms with E-state index in [1.165, 1.54) is 0 Å². The van der Waals surface area contributed by atoms with Crippen molar-refractivity contribution in [3.63, 3.8) is 0 Å². The van der Waals surface area contributed by atoms with Crippen molar-refractivity contribution < 1.29 is 9.53 Å². The third kappa shape index (κ3) is 4.07. The Bertz CT molecular complexity index is 1290. The van der Waals surface area contributed by atoms with Crippen LogP contribution in [0.3, 0.4) is 0 Å². The number of hydrogen-bond donors (Lipinski definition) is 1. The van der Waals surface area contributed by atoms with E-state index in [-0.39, 0.29) is 11.9 Å². The number of anilines is 1. The number of rotatable bonds is 7. The van der Waals surface area contributed by atoms with E-state index in [1.807, 2.05) is 46.7 Å². The SMILES string of the molecule is COC[C@H](C1CC1)N(Cc1ccc(Br)nn1)C(=O)c1ccc2nc(N)c3sccc3c2c1. The minimum atomic E-state index is -0.0502. The second-order valence-corrected chi connectivity index (χ2v) is 9.76. The highest BCUT2D eigenvalue weighted by Crippen LogP contribution is 2.37. The van der Waals surface area contributed by atoms with Gasteiger partial charge in [-0.05, 0) is 76.5 Å². The van der Waals surface area contributed by atoms with Gasteiger partial charge in [0.2, 0.25) is 0 Å². The maximum absolute atomic E-state index is 13.8. The Hall–Kier alpha value is -2.62. The van der Waals surface area contributed by atoms with E-state index >= 15 is 0 Å². The maximum Gasteiger partial charge on any atom is 0.254 e. The monoisotopic (exact) mass is 511 g/mol. The fourth-order valence-corrected chi connectivity index (χ4v) is 5.15. The number of nitrogen functional groups attached to an aromatic ring is 1. The van der Waals surface area contributed by atoms with E-state index < -0.39 is 0 Å². The number of amides is 1. The summed E-state index contributed by atoms with van der Waals surface area (Å²) in [6.07, 6.45) is 2.19. The van der Waals surface area contributed by atoms with Gasteiger partial charge in [-0.3, -0.25) is 4.79 Å². The van der Waals surface area contributed by atoms with Crippen LogP contribution >= 0.6 is 27.3 Å². The summed E-state index contributed by atoms with van der Waals surface area (Å²) in [7, 11) is 1.68.